The Kier molecular flexibility index (Phi) is 4.77. The molecule has 5 heteroatoms. The summed E-state index contributed by atoms with van der Waals surface area (Å²) in [6.07, 6.45) is 4.13. The van der Waals surface area contributed by atoms with Crippen molar-refractivity contribution >= 4 is 40.7 Å². The van der Waals surface area contributed by atoms with Crippen LogP contribution in [0.15, 0.2) is 66.0 Å². The zero-order chi connectivity index (χ0) is 19.8. The number of carbonyl (C=O) groups is 1. The van der Waals surface area contributed by atoms with Gasteiger partial charge in [0.2, 0.25) is 0 Å². The summed E-state index contributed by atoms with van der Waals surface area (Å²) in [6, 6.07) is 16.3. The lowest BCUT2D eigenvalue weighted by atomic mass is 10.0. The van der Waals surface area contributed by atoms with E-state index in [0.717, 1.165) is 29.2 Å². The average molecular weight is 390 g/mol. The molecule has 0 spiro atoms. The maximum atomic E-state index is 13.3. The first-order valence-electron chi connectivity index (χ1n) is 9.58. The SMILES string of the molecule is CCN1C(=O)/C(=C2/C=Cc3cc(C)ccc3N2CC)N(c2ccccc2)C1=S. The largest absolute Gasteiger partial charge is 0.339 e. The predicted octanol–water partition coefficient (Wildman–Crippen LogP) is 4.71. The quantitative estimate of drug-likeness (QED) is 0.561. The predicted molar refractivity (Wildman–Crippen MR) is 119 cm³/mol. The second kappa shape index (κ2) is 7.24. The second-order valence-electron chi connectivity index (χ2n) is 6.88. The van der Waals surface area contributed by atoms with Gasteiger partial charge in [-0.2, -0.15) is 0 Å². The van der Waals surface area contributed by atoms with Crippen LogP contribution in [0.2, 0.25) is 0 Å². The van der Waals surface area contributed by atoms with E-state index >= 15 is 0 Å². The molecule has 1 saturated heterocycles. The fraction of sp³-hybridized carbons (Fsp3) is 0.217. The number of thiocarbonyl (C=S) groups is 1. The smallest absolute Gasteiger partial charge is 0.279 e. The van der Waals surface area contributed by atoms with Crippen LogP contribution in [-0.4, -0.2) is 29.0 Å². The van der Waals surface area contributed by atoms with E-state index in [-0.39, 0.29) is 5.91 Å². The third kappa shape index (κ3) is 2.83. The molecule has 4 rings (SSSR count). The Labute approximate surface area is 171 Å². The van der Waals surface area contributed by atoms with E-state index in [2.05, 4.69) is 43.0 Å². The van der Waals surface area contributed by atoms with Gasteiger partial charge >= 0.3 is 0 Å². The van der Waals surface area contributed by atoms with Crippen molar-refractivity contribution in [1.29, 1.82) is 0 Å². The molecule has 2 aromatic carbocycles. The Bertz CT molecular complexity index is 1010. The Morgan fingerprint density at radius 2 is 1.64 bits per heavy atom. The van der Waals surface area contributed by atoms with Gasteiger partial charge in [-0.3, -0.25) is 14.6 Å². The number of hydrogen-bond acceptors (Lipinski definition) is 3. The summed E-state index contributed by atoms with van der Waals surface area (Å²) < 4.78 is 0. The lowest BCUT2D eigenvalue weighted by molar-refractivity contribution is -0.122. The van der Waals surface area contributed by atoms with Gasteiger partial charge in [-0.15, -0.1) is 0 Å². The van der Waals surface area contributed by atoms with Crippen LogP contribution in [0.5, 0.6) is 0 Å². The fourth-order valence-corrected chi connectivity index (χ4v) is 4.24. The monoisotopic (exact) mass is 389 g/mol. The standard InChI is InChI=1S/C23H23N3OS/c1-4-24-19-13-11-16(3)15-17(19)12-14-20(24)21-22(27)25(5-2)23(28)26(21)18-9-7-6-8-10-18/h6-15H,4-5H2,1-3H3/b21-20+. The molecule has 28 heavy (non-hydrogen) atoms. The van der Waals surface area contributed by atoms with Crippen molar-refractivity contribution in [3.8, 4) is 0 Å². The van der Waals surface area contributed by atoms with E-state index in [0.29, 0.717) is 17.4 Å². The highest BCUT2D eigenvalue weighted by Gasteiger charge is 2.41. The summed E-state index contributed by atoms with van der Waals surface area (Å²) in [4.78, 5) is 19.1. The van der Waals surface area contributed by atoms with Crippen LogP contribution in [0, 0.1) is 6.92 Å². The minimum atomic E-state index is -0.0509. The number of aryl methyl sites for hydroxylation is 1. The summed E-state index contributed by atoms with van der Waals surface area (Å²) in [5.41, 5.74) is 5.89. The first-order valence-corrected chi connectivity index (χ1v) is 9.99. The van der Waals surface area contributed by atoms with Crippen molar-refractivity contribution in [2.24, 2.45) is 0 Å². The fourth-order valence-electron chi connectivity index (χ4n) is 3.84. The van der Waals surface area contributed by atoms with Gasteiger partial charge in [0.05, 0.1) is 5.70 Å². The average Bonchev–Trinajstić information content (AvgIpc) is 2.97. The maximum absolute atomic E-state index is 13.3. The molecular formula is C23H23N3OS. The number of benzene rings is 2. The van der Waals surface area contributed by atoms with Gasteiger partial charge in [-0.25, -0.2) is 0 Å². The summed E-state index contributed by atoms with van der Waals surface area (Å²) in [5, 5.41) is 0.528. The molecule has 2 aliphatic rings. The molecule has 0 bridgehead atoms. The van der Waals surface area contributed by atoms with E-state index < -0.39 is 0 Å². The van der Waals surface area contributed by atoms with Crippen molar-refractivity contribution < 1.29 is 4.79 Å². The number of carbonyl (C=O) groups excluding carboxylic acids is 1. The summed E-state index contributed by atoms with van der Waals surface area (Å²) in [6.45, 7) is 7.45. The molecule has 1 amide bonds. The first-order chi connectivity index (χ1) is 13.6. The van der Waals surface area contributed by atoms with Crippen LogP contribution < -0.4 is 9.80 Å². The van der Waals surface area contributed by atoms with Gasteiger partial charge in [-0.05, 0) is 68.9 Å². The number of para-hydroxylation sites is 1. The van der Waals surface area contributed by atoms with Gasteiger partial charge < -0.3 is 4.90 Å². The zero-order valence-corrected chi connectivity index (χ0v) is 17.2. The van der Waals surface area contributed by atoms with Crippen LogP contribution in [0.1, 0.15) is 25.0 Å². The van der Waals surface area contributed by atoms with E-state index in [1.807, 2.05) is 48.2 Å². The highest BCUT2D eigenvalue weighted by Crippen LogP contribution is 2.37. The van der Waals surface area contributed by atoms with Crippen molar-refractivity contribution in [3.05, 3.63) is 77.1 Å². The molecule has 142 valence electrons. The molecular weight excluding hydrogens is 366 g/mol. The molecule has 0 aliphatic carbocycles. The van der Waals surface area contributed by atoms with Gasteiger partial charge in [0.1, 0.15) is 5.70 Å². The Balaban J connectivity index is 1.93. The number of likely N-dealkylation sites (N-methyl/N-ethyl adjacent to an activating group) is 2. The van der Waals surface area contributed by atoms with Gasteiger partial charge in [0, 0.05) is 24.5 Å². The van der Waals surface area contributed by atoms with Gasteiger partial charge in [-0.1, -0.05) is 35.9 Å². The molecule has 2 aromatic rings. The molecule has 0 unspecified atom stereocenters. The molecule has 1 fully saturated rings. The molecule has 0 radical (unpaired) electrons. The summed E-state index contributed by atoms with van der Waals surface area (Å²) >= 11 is 5.69. The third-order valence-electron chi connectivity index (χ3n) is 5.17. The zero-order valence-electron chi connectivity index (χ0n) is 16.3. The Morgan fingerprint density at radius 3 is 2.32 bits per heavy atom. The van der Waals surface area contributed by atoms with Crippen molar-refractivity contribution in [2.45, 2.75) is 20.8 Å². The maximum Gasteiger partial charge on any atom is 0.279 e. The normalized spacial score (nSPS) is 18.9. The Hall–Kier alpha value is -2.92. The lowest BCUT2D eigenvalue weighted by Crippen LogP contribution is -2.32. The summed E-state index contributed by atoms with van der Waals surface area (Å²) in [5.74, 6) is -0.0509. The number of hydrogen-bond donors (Lipinski definition) is 0. The summed E-state index contributed by atoms with van der Waals surface area (Å²) in [7, 11) is 0. The molecule has 0 saturated carbocycles. The highest BCUT2D eigenvalue weighted by molar-refractivity contribution is 7.80. The molecule has 4 nitrogen and oxygen atoms in total. The number of fused-ring (bicyclic) bond motifs is 1. The molecule has 2 aliphatic heterocycles. The van der Waals surface area contributed by atoms with E-state index in [4.69, 9.17) is 12.2 Å². The number of rotatable bonds is 3. The number of nitrogens with zero attached hydrogens (tertiary/aromatic N) is 3. The first kappa shape index (κ1) is 18.4. The Morgan fingerprint density at radius 1 is 0.929 bits per heavy atom. The minimum Gasteiger partial charge on any atom is -0.339 e. The van der Waals surface area contributed by atoms with Gasteiger partial charge in [0.25, 0.3) is 5.91 Å². The van der Waals surface area contributed by atoms with Crippen LogP contribution in [0.25, 0.3) is 6.08 Å². The van der Waals surface area contributed by atoms with Crippen LogP contribution >= 0.6 is 12.2 Å². The number of amides is 1. The van der Waals surface area contributed by atoms with E-state index in [1.165, 1.54) is 5.56 Å². The second-order valence-corrected chi connectivity index (χ2v) is 7.24. The molecule has 0 N–H and O–H groups in total. The topological polar surface area (TPSA) is 26.8 Å². The minimum absolute atomic E-state index is 0.0509. The van der Waals surface area contributed by atoms with E-state index in [1.54, 1.807) is 4.90 Å². The van der Waals surface area contributed by atoms with Crippen LogP contribution in [-0.2, 0) is 4.79 Å². The van der Waals surface area contributed by atoms with E-state index in [9.17, 15) is 4.79 Å². The third-order valence-corrected chi connectivity index (χ3v) is 5.57. The van der Waals surface area contributed by atoms with Gasteiger partial charge in [0.15, 0.2) is 5.11 Å². The molecule has 0 atom stereocenters. The number of allylic oxidation sites excluding steroid dienone is 1. The van der Waals surface area contributed by atoms with Crippen molar-refractivity contribution in [1.82, 2.24) is 4.90 Å². The van der Waals surface area contributed by atoms with Crippen molar-refractivity contribution in [3.63, 3.8) is 0 Å². The van der Waals surface area contributed by atoms with Crippen molar-refractivity contribution in [2.75, 3.05) is 22.9 Å². The van der Waals surface area contributed by atoms with Crippen LogP contribution in [0.3, 0.4) is 0 Å². The lowest BCUT2D eigenvalue weighted by Gasteiger charge is -2.32. The highest BCUT2D eigenvalue weighted by atomic mass is 32.1. The number of anilines is 2. The molecule has 2 heterocycles. The molecule has 0 aromatic heterocycles. The van der Waals surface area contributed by atoms with Crippen LogP contribution in [0.4, 0.5) is 11.4 Å².